The fraction of sp³-hybridized carbons (Fsp3) is 0.467. The SMILES string of the molecule is CN1CCN(Cc2coc3c(CN)cccc23)CC1. The first-order valence-electron chi connectivity index (χ1n) is 6.87. The molecule has 0 aliphatic carbocycles. The monoisotopic (exact) mass is 259 g/mol. The van der Waals surface area contributed by atoms with E-state index in [2.05, 4.69) is 29.0 Å². The highest BCUT2D eigenvalue weighted by atomic mass is 16.3. The molecule has 1 aromatic heterocycles. The number of nitrogens with two attached hydrogens (primary N) is 1. The number of fused-ring (bicyclic) bond motifs is 1. The molecule has 2 heterocycles. The maximum Gasteiger partial charge on any atom is 0.138 e. The van der Waals surface area contributed by atoms with Crippen LogP contribution in [0.5, 0.6) is 0 Å². The van der Waals surface area contributed by atoms with E-state index in [0.717, 1.165) is 43.9 Å². The summed E-state index contributed by atoms with van der Waals surface area (Å²) in [6, 6.07) is 6.22. The van der Waals surface area contributed by atoms with Crippen LogP contribution in [0, 0.1) is 0 Å². The maximum atomic E-state index is 5.75. The summed E-state index contributed by atoms with van der Waals surface area (Å²) >= 11 is 0. The number of hydrogen-bond donors (Lipinski definition) is 1. The van der Waals surface area contributed by atoms with Crippen LogP contribution in [-0.4, -0.2) is 43.0 Å². The van der Waals surface area contributed by atoms with Gasteiger partial charge < -0.3 is 15.1 Å². The Morgan fingerprint density at radius 1 is 1.16 bits per heavy atom. The number of para-hydroxylation sites is 1. The van der Waals surface area contributed by atoms with Gasteiger partial charge in [-0.2, -0.15) is 0 Å². The van der Waals surface area contributed by atoms with Crippen molar-refractivity contribution in [3.05, 3.63) is 35.6 Å². The predicted molar refractivity (Wildman–Crippen MR) is 76.9 cm³/mol. The normalized spacial score (nSPS) is 18.2. The van der Waals surface area contributed by atoms with Gasteiger partial charge in [-0.1, -0.05) is 18.2 Å². The molecule has 3 rings (SSSR count). The lowest BCUT2D eigenvalue weighted by molar-refractivity contribution is 0.148. The molecule has 0 spiro atoms. The Labute approximate surface area is 113 Å². The highest BCUT2D eigenvalue weighted by molar-refractivity contribution is 5.83. The molecular formula is C15H21N3O. The first-order chi connectivity index (χ1) is 9.28. The molecule has 2 aromatic rings. The summed E-state index contributed by atoms with van der Waals surface area (Å²) in [5.41, 5.74) is 9.06. The van der Waals surface area contributed by atoms with Gasteiger partial charge >= 0.3 is 0 Å². The molecule has 102 valence electrons. The predicted octanol–water partition coefficient (Wildman–Crippen LogP) is 1.64. The van der Waals surface area contributed by atoms with Crippen molar-refractivity contribution in [3.8, 4) is 0 Å². The van der Waals surface area contributed by atoms with Crippen molar-refractivity contribution in [1.82, 2.24) is 9.80 Å². The second-order valence-electron chi connectivity index (χ2n) is 5.34. The van der Waals surface area contributed by atoms with Crippen LogP contribution in [0.3, 0.4) is 0 Å². The van der Waals surface area contributed by atoms with Crippen molar-refractivity contribution in [3.63, 3.8) is 0 Å². The van der Waals surface area contributed by atoms with Gasteiger partial charge in [0.05, 0.1) is 6.26 Å². The number of likely N-dealkylation sites (N-methyl/N-ethyl adjacent to an activating group) is 1. The zero-order chi connectivity index (χ0) is 13.2. The second kappa shape index (κ2) is 5.33. The lowest BCUT2D eigenvalue weighted by atomic mass is 10.1. The summed E-state index contributed by atoms with van der Waals surface area (Å²) in [5.74, 6) is 0. The van der Waals surface area contributed by atoms with Crippen molar-refractivity contribution in [2.45, 2.75) is 13.1 Å². The highest BCUT2D eigenvalue weighted by Crippen LogP contribution is 2.25. The van der Waals surface area contributed by atoms with Gasteiger partial charge in [0.25, 0.3) is 0 Å². The summed E-state index contributed by atoms with van der Waals surface area (Å²) in [5, 5.41) is 1.21. The van der Waals surface area contributed by atoms with Gasteiger partial charge in [-0.05, 0) is 7.05 Å². The lowest BCUT2D eigenvalue weighted by Gasteiger charge is -2.32. The number of nitrogens with zero attached hydrogens (tertiary/aromatic N) is 2. The fourth-order valence-corrected chi connectivity index (χ4v) is 2.70. The molecule has 19 heavy (non-hydrogen) atoms. The zero-order valence-corrected chi connectivity index (χ0v) is 11.4. The third-order valence-corrected chi connectivity index (χ3v) is 3.97. The molecule has 1 saturated heterocycles. The van der Waals surface area contributed by atoms with E-state index in [9.17, 15) is 0 Å². The Morgan fingerprint density at radius 3 is 2.68 bits per heavy atom. The summed E-state index contributed by atoms with van der Waals surface area (Å²) in [6.45, 7) is 6.03. The van der Waals surface area contributed by atoms with E-state index in [1.54, 1.807) is 0 Å². The van der Waals surface area contributed by atoms with Crippen LogP contribution in [0.1, 0.15) is 11.1 Å². The van der Waals surface area contributed by atoms with E-state index in [1.807, 2.05) is 12.3 Å². The van der Waals surface area contributed by atoms with E-state index in [4.69, 9.17) is 10.2 Å². The third-order valence-electron chi connectivity index (χ3n) is 3.97. The Hall–Kier alpha value is -1.36. The summed E-state index contributed by atoms with van der Waals surface area (Å²) in [4.78, 5) is 4.86. The first kappa shape index (κ1) is 12.7. The number of benzene rings is 1. The van der Waals surface area contributed by atoms with Gasteiger partial charge in [0.2, 0.25) is 0 Å². The molecule has 0 saturated carbocycles. The van der Waals surface area contributed by atoms with Crippen LogP contribution in [0.4, 0.5) is 0 Å². The van der Waals surface area contributed by atoms with E-state index < -0.39 is 0 Å². The molecule has 0 radical (unpaired) electrons. The van der Waals surface area contributed by atoms with Crippen LogP contribution in [-0.2, 0) is 13.1 Å². The van der Waals surface area contributed by atoms with Gasteiger partial charge in [0.1, 0.15) is 5.58 Å². The van der Waals surface area contributed by atoms with Crippen molar-refractivity contribution in [2.24, 2.45) is 5.73 Å². The number of furan rings is 1. The molecule has 2 N–H and O–H groups in total. The number of rotatable bonds is 3. The minimum Gasteiger partial charge on any atom is -0.464 e. The minimum absolute atomic E-state index is 0.527. The van der Waals surface area contributed by atoms with Gasteiger partial charge in [-0.25, -0.2) is 0 Å². The number of piperazine rings is 1. The maximum absolute atomic E-state index is 5.75. The van der Waals surface area contributed by atoms with E-state index in [-0.39, 0.29) is 0 Å². The summed E-state index contributed by atoms with van der Waals surface area (Å²) in [6.07, 6.45) is 1.89. The molecule has 1 aromatic carbocycles. The van der Waals surface area contributed by atoms with E-state index in [0.29, 0.717) is 6.54 Å². The van der Waals surface area contributed by atoms with Gasteiger partial charge in [-0.15, -0.1) is 0 Å². The molecular weight excluding hydrogens is 238 g/mol. The molecule has 0 unspecified atom stereocenters. The zero-order valence-electron chi connectivity index (χ0n) is 11.4. The van der Waals surface area contributed by atoms with Crippen molar-refractivity contribution in [2.75, 3.05) is 33.2 Å². The fourth-order valence-electron chi connectivity index (χ4n) is 2.70. The minimum atomic E-state index is 0.527. The van der Waals surface area contributed by atoms with Gasteiger partial charge in [0.15, 0.2) is 0 Å². The first-order valence-corrected chi connectivity index (χ1v) is 6.87. The molecule has 1 aliphatic heterocycles. The van der Waals surface area contributed by atoms with Crippen LogP contribution >= 0.6 is 0 Å². The summed E-state index contributed by atoms with van der Waals surface area (Å²) < 4.78 is 5.72. The molecule has 0 amide bonds. The van der Waals surface area contributed by atoms with E-state index in [1.165, 1.54) is 10.9 Å². The van der Waals surface area contributed by atoms with Gasteiger partial charge in [-0.3, -0.25) is 4.90 Å². The Bertz CT molecular complexity index is 556. The van der Waals surface area contributed by atoms with Crippen molar-refractivity contribution < 1.29 is 4.42 Å². The Kier molecular flexibility index (Phi) is 3.55. The quantitative estimate of drug-likeness (QED) is 0.910. The second-order valence-corrected chi connectivity index (χ2v) is 5.34. The topological polar surface area (TPSA) is 45.6 Å². The molecule has 1 aliphatic rings. The van der Waals surface area contributed by atoms with Crippen molar-refractivity contribution >= 4 is 11.0 Å². The van der Waals surface area contributed by atoms with Crippen LogP contribution in [0.15, 0.2) is 28.9 Å². The Balaban J connectivity index is 1.82. The van der Waals surface area contributed by atoms with Crippen molar-refractivity contribution in [1.29, 1.82) is 0 Å². The van der Waals surface area contributed by atoms with E-state index >= 15 is 0 Å². The van der Waals surface area contributed by atoms with Crippen LogP contribution < -0.4 is 5.73 Å². The standard InChI is InChI=1S/C15H21N3O/c1-17-5-7-18(8-6-17)10-13-11-19-15-12(9-16)3-2-4-14(13)15/h2-4,11H,5-10,16H2,1H3. The highest BCUT2D eigenvalue weighted by Gasteiger charge is 2.16. The lowest BCUT2D eigenvalue weighted by Crippen LogP contribution is -2.43. The average Bonchev–Trinajstić information content (AvgIpc) is 2.84. The number of hydrogen-bond acceptors (Lipinski definition) is 4. The van der Waals surface area contributed by atoms with Crippen LogP contribution in [0.2, 0.25) is 0 Å². The molecule has 1 fully saturated rings. The third kappa shape index (κ3) is 2.52. The summed E-state index contributed by atoms with van der Waals surface area (Å²) in [7, 11) is 2.18. The molecule has 4 heteroatoms. The molecule has 4 nitrogen and oxygen atoms in total. The largest absolute Gasteiger partial charge is 0.464 e. The van der Waals surface area contributed by atoms with Gasteiger partial charge in [0, 0.05) is 55.8 Å². The Morgan fingerprint density at radius 2 is 1.95 bits per heavy atom. The smallest absolute Gasteiger partial charge is 0.138 e. The molecule has 0 bridgehead atoms. The molecule has 0 atom stereocenters. The van der Waals surface area contributed by atoms with Crippen LogP contribution in [0.25, 0.3) is 11.0 Å². The average molecular weight is 259 g/mol.